The van der Waals surface area contributed by atoms with Gasteiger partial charge in [-0.05, 0) is 47.7 Å². The highest BCUT2D eigenvalue weighted by molar-refractivity contribution is 7.88. The Hall–Kier alpha value is -3.31. The van der Waals surface area contributed by atoms with Crippen molar-refractivity contribution < 1.29 is 22.7 Å². The Morgan fingerprint density at radius 3 is 2.62 bits per heavy atom. The minimum Gasteiger partial charge on any atom is -0.505 e. The first-order valence-electron chi connectivity index (χ1n) is 10.6. The second-order valence-electron chi connectivity index (χ2n) is 8.16. The molecule has 0 radical (unpaired) electrons. The van der Waals surface area contributed by atoms with Gasteiger partial charge in [0.1, 0.15) is 16.9 Å². The van der Waals surface area contributed by atoms with E-state index in [0.717, 1.165) is 10.6 Å². The van der Waals surface area contributed by atoms with E-state index in [2.05, 4.69) is 10.3 Å². The Morgan fingerprint density at radius 1 is 1.26 bits per heavy atom. The van der Waals surface area contributed by atoms with E-state index in [4.69, 9.17) is 0 Å². The highest BCUT2D eigenvalue weighted by atomic mass is 32.2. The number of sulfonamides is 1. The molecule has 11 heteroatoms. The van der Waals surface area contributed by atoms with Crippen LogP contribution in [0.4, 0.5) is 4.39 Å². The molecule has 0 spiro atoms. The summed E-state index contributed by atoms with van der Waals surface area (Å²) in [4.78, 5) is 29.5. The smallest absolute Gasteiger partial charge is 0.267 e. The van der Waals surface area contributed by atoms with Gasteiger partial charge < -0.3 is 15.0 Å². The Kier molecular flexibility index (Phi) is 7.37. The van der Waals surface area contributed by atoms with Crippen LogP contribution in [0.5, 0.6) is 5.75 Å². The number of pyridine rings is 2. The van der Waals surface area contributed by atoms with Crippen LogP contribution in [-0.4, -0.2) is 53.1 Å². The number of amides is 1. The number of aromatic hydroxyl groups is 1. The van der Waals surface area contributed by atoms with Crippen LogP contribution >= 0.6 is 0 Å². The van der Waals surface area contributed by atoms with Crippen LogP contribution in [0.1, 0.15) is 40.4 Å². The number of fused-ring (bicyclic) bond motifs is 1. The summed E-state index contributed by atoms with van der Waals surface area (Å²) < 4.78 is 39.9. The van der Waals surface area contributed by atoms with E-state index in [1.54, 1.807) is 12.1 Å². The minimum absolute atomic E-state index is 0.0115. The summed E-state index contributed by atoms with van der Waals surface area (Å²) in [5, 5.41) is 13.2. The zero-order chi connectivity index (χ0) is 25.2. The maximum Gasteiger partial charge on any atom is 0.267 e. The van der Waals surface area contributed by atoms with Gasteiger partial charge in [0.2, 0.25) is 10.0 Å². The second-order valence-corrected chi connectivity index (χ2v) is 10.3. The van der Waals surface area contributed by atoms with Crippen molar-refractivity contribution in [2.24, 2.45) is 7.05 Å². The number of aromatic nitrogens is 2. The number of aryl methyl sites for hydroxylation is 1. The maximum absolute atomic E-state index is 13.9. The molecule has 0 bridgehead atoms. The van der Waals surface area contributed by atoms with Crippen LogP contribution in [-0.2, 0) is 30.0 Å². The summed E-state index contributed by atoms with van der Waals surface area (Å²) in [6.45, 7) is 2.22. The molecule has 0 aliphatic rings. The third kappa shape index (κ3) is 5.26. The molecule has 0 aliphatic carbocycles. The first-order chi connectivity index (χ1) is 15.9. The lowest BCUT2D eigenvalue weighted by atomic mass is 10.00. The maximum atomic E-state index is 13.9. The summed E-state index contributed by atoms with van der Waals surface area (Å²) >= 11 is 0. The number of nitrogens with one attached hydrogen (secondary N) is 1. The quantitative estimate of drug-likeness (QED) is 0.498. The van der Waals surface area contributed by atoms with Gasteiger partial charge in [-0.2, -0.15) is 0 Å². The van der Waals surface area contributed by atoms with E-state index in [9.17, 15) is 27.5 Å². The number of rotatable bonds is 8. The second kappa shape index (κ2) is 9.90. The SMILES string of the molecule is CCCNC(=O)c1c(O)c2ncc(Cc3ccc(F)cc3CN(C)S(C)(=O)=O)cc2n(C)c1=O. The molecular weight excluding hydrogens is 463 g/mol. The molecule has 3 rings (SSSR count). The van der Waals surface area contributed by atoms with Gasteiger partial charge in [0, 0.05) is 33.4 Å². The van der Waals surface area contributed by atoms with Crippen LogP contribution < -0.4 is 10.9 Å². The van der Waals surface area contributed by atoms with Gasteiger partial charge >= 0.3 is 0 Å². The van der Waals surface area contributed by atoms with Crippen LogP contribution in [0, 0.1) is 5.82 Å². The molecule has 0 unspecified atom stereocenters. The fourth-order valence-electron chi connectivity index (χ4n) is 3.55. The summed E-state index contributed by atoms with van der Waals surface area (Å²) in [6, 6.07) is 5.80. The lowest BCUT2D eigenvalue weighted by Crippen LogP contribution is -2.33. The number of nitrogens with zero attached hydrogens (tertiary/aromatic N) is 3. The molecule has 0 fully saturated rings. The number of carbonyl (C=O) groups excluding carboxylic acids is 1. The molecule has 0 aliphatic heterocycles. The normalized spacial score (nSPS) is 11.8. The van der Waals surface area contributed by atoms with Crippen LogP contribution in [0.2, 0.25) is 0 Å². The highest BCUT2D eigenvalue weighted by Crippen LogP contribution is 2.26. The third-order valence-electron chi connectivity index (χ3n) is 5.55. The number of halogens is 1. The molecule has 1 aromatic carbocycles. The molecular formula is C23H27FN4O5S. The van der Waals surface area contributed by atoms with E-state index in [1.165, 1.54) is 37.0 Å². The molecule has 182 valence electrons. The van der Waals surface area contributed by atoms with Gasteiger partial charge in [0.15, 0.2) is 5.75 Å². The van der Waals surface area contributed by atoms with Gasteiger partial charge in [0.25, 0.3) is 11.5 Å². The molecule has 0 saturated heterocycles. The van der Waals surface area contributed by atoms with Gasteiger partial charge in [-0.1, -0.05) is 13.0 Å². The number of hydrogen-bond acceptors (Lipinski definition) is 6. The van der Waals surface area contributed by atoms with Gasteiger partial charge in [0.05, 0.1) is 11.8 Å². The van der Waals surface area contributed by atoms with Crippen molar-refractivity contribution in [3.63, 3.8) is 0 Å². The molecule has 3 aromatic rings. The van der Waals surface area contributed by atoms with E-state index in [1.807, 2.05) is 6.92 Å². The summed E-state index contributed by atoms with van der Waals surface area (Å²) in [5.41, 5.74) is 1.23. The highest BCUT2D eigenvalue weighted by Gasteiger charge is 2.22. The first kappa shape index (κ1) is 25.3. The van der Waals surface area contributed by atoms with Crippen LogP contribution in [0.3, 0.4) is 0 Å². The number of benzene rings is 1. The Bertz CT molecular complexity index is 1420. The fourth-order valence-corrected chi connectivity index (χ4v) is 3.92. The van der Waals surface area contributed by atoms with Crippen molar-refractivity contribution >= 4 is 27.0 Å². The molecule has 0 saturated carbocycles. The van der Waals surface area contributed by atoms with Gasteiger partial charge in [-0.15, -0.1) is 0 Å². The minimum atomic E-state index is -3.46. The van der Waals surface area contributed by atoms with E-state index >= 15 is 0 Å². The zero-order valence-corrected chi connectivity index (χ0v) is 20.2. The summed E-state index contributed by atoms with van der Waals surface area (Å²) in [5.74, 6) is -1.65. The lowest BCUT2D eigenvalue weighted by molar-refractivity contribution is 0.0949. The summed E-state index contributed by atoms with van der Waals surface area (Å²) in [6.07, 6.45) is 3.52. The molecule has 2 heterocycles. The molecule has 0 atom stereocenters. The van der Waals surface area contributed by atoms with Crippen LogP contribution in [0.25, 0.3) is 11.0 Å². The zero-order valence-electron chi connectivity index (χ0n) is 19.4. The van der Waals surface area contributed by atoms with E-state index in [-0.39, 0.29) is 24.0 Å². The average Bonchev–Trinajstić information content (AvgIpc) is 2.77. The predicted molar refractivity (Wildman–Crippen MR) is 127 cm³/mol. The van der Waals surface area contributed by atoms with Gasteiger partial charge in [-0.3, -0.25) is 14.6 Å². The molecule has 1 amide bonds. The topological polar surface area (TPSA) is 122 Å². The molecule has 2 aromatic heterocycles. The van der Waals surface area contributed by atoms with Crippen LogP contribution in [0.15, 0.2) is 35.3 Å². The Labute approximate surface area is 196 Å². The fraction of sp³-hybridized carbons (Fsp3) is 0.348. The van der Waals surface area contributed by atoms with Crippen molar-refractivity contribution in [3.8, 4) is 5.75 Å². The van der Waals surface area contributed by atoms with Crippen molar-refractivity contribution in [1.82, 2.24) is 19.2 Å². The van der Waals surface area contributed by atoms with Crippen molar-refractivity contribution in [1.29, 1.82) is 0 Å². The van der Waals surface area contributed by atoms with E-state index in [0.29, 0.717) is 35.2 Å². The monoisotopic (exact) mass is 490 g/mol. The van der Waals surface area contributed by atoms with E-state index < -0.39 is 33.1 Å². The Balaban J connectivity index is 2.03. The van der Waals surface area contributed by atoms with Crippen molar-refractivity contribution in [2.75, 3.05) is 19.8 Å². The number of hydrogen-bond donors (Lipinski definition) is 2. The lowest BCUT2D eigenvalue weighted by Gasteiger charge is -2.17. The molecule has 34 heavy (non-hydrogen) atoms. The van der Waals surface area contributed by atoms with Crippen molar-refractivity contribution in [3.05, 3.63) is 68.9 Å². The molecule has 2 N–H and O–H groups in total. The van der Waals surface area contributed by atoms with Gasteiger partial charge in [-0.25, -0.2) is 17.1 Å². The standard InChI is InChI=1S/C23H27FN4O5S/c1-5-8-25-22(30)19-21(29)20-18(28(3)23(19)31)10-14(12-26-20)9-15-6-7-17(24)11-16(15)13-27(2)34(4,32)33/h6-7,10-12,29H,5,8-9,13H2,1-4H3,(H,25,30). The number of carbonyl (C=O) groups is 1. The average molecular weight is 491 g/mol. The largest absolute Gasteiger partial charge is 0.505 e. The summed E-state index contributed by atoms with van der Waals surface area (Å²) in [7, 11) is -0.571. The first-order valence-corrected chi connectivity index (χ1v) is 12.5. The predicted octanol–water partition coefficient (Wildman–Crippen LogP) is 1.90. The Morgan fingerprint density at radius 2 is 1.97 bits per heavy atom. The van der Waals surface area contributed by atoms with Crippen molar-refractivity contribution in [2.45, 2.75) is 26.3 Å². The molecule has 9 nitrogen and oxygen atoms in total. The third-order valence-corrected chi connectivity index (χ3v) is 6.81.